The van der Waals surface area contributed by atoms with Crippen LogP contribution in [0.15, 0.2) is 24.4 Å². The normalized spacial score (nSPS) is 9.79. The fourth-order valence-electron chi connectivity index (χ4n) is 0.993. The molecule has 0 unspecified atom stereocenters. The quantitative estimate of drug-likeness (QED) is 0.707. The highest BCUT2D eigenvalue weighted by atomic mass is 16.1. The standard InChI is InChI=1S/C10H15N3O/c1-2-11-8-10(14)13-7-9-5-3-4-6-12-9/h3-6,11H,2,7-8H2,1H3,(H,13,14). The van der Waals surface area contributed by atoms with E-state index in [1.54, 1.807) is 6.20 Å². The van der Waals surface area contributed by atoms with Gasteiger partial charge in [-0.05, 0) is 18.7 Å². The van der Waals surface area contributed by atoms with Gasteiger partial charge in [-0.1, -0.05) is 13.0 Å². The van der Waals surface area contributed by atoms with Crippen LogP contribution in [0.4, 0.5) is 0 Å². The molecule has 0 atom stereocenters. The van der Waals surface area contributed by atoms with Gasteiger partial charge in [0.2, 0.25) is 5.91 Å². The molecule has 0 saturated heterocycles. The largest absolute Gasteiger partial charge is 0.349 e. The zero-order valence-corrected chi connectivity index (χ0v) is 8.29. The molecule has 4 nitrogen and oxygen atoms in total. The summed E-state index contributed by atoms with van der Waals surface area (Å²) >= 11 is 0. The highest BCUT2D eigenvalue weighted by molar-refractivity contribution is 5.77. The van der Waals surface area contributed by atoms with Crippen LogP contribution in [0, 0.1) is 0 Å². The number of nitrogens with one attached hydrogen (secondary N) is 2. The van der Waals surface area contributed by atoms with Gasteiger partial charge in [0.15, 0.2) is 0 Å². The minimum atomic E-state index is -0.00231. The van der Waals surface area contributed by atoms with E-state index in [0.29, 0.717) is 13.1 Å². The Hall–Kier alpha value is -1.42. The summed E-state index contributed by atoms with van der Waals surface area (Å²) in [7, 11) is 0. The molecule has 0 aromatic carbocycles. The summed E-state index contributed by atoms with van der Waals surface area (Å²) in [6.45, 7) is 3.62. The van der Waals surface area contributed by atoms with Crippen LogP contribution in [0.3, 0.4) is 0 Å². The highest BCUT2D eigenvalue weighted by Gasteiger charge is 1.99. The summed E-state index contributed by atoms with van der Waals surface area (Å²) in [4.78, 5) is 15.3. The summed E-state index contributed by atoms with van der Waals surface area (Å²) < 4.78 is 0. The fourth-order valence-corrected chi connectivity index (χ4v) is 0.993. The van der Waals surface area contributed by atoms with Crippen molar-refractivity contribution in [2.24, 2.45) is 0 Å². The minimum Gasteiger partial charge on any atom is -0.349 e. The molecule has 1 aromatic heterocycles. The van der Waals surface area contributed by atoms with E-state index in [1.165, 1.54) is 0 Å². The fraction of sp³-hybridized carbons (Fsp3) is 0.400. The SMILES string of the molecule is CCNCC(=O)NCc1ccccn1. The smallest absolute Gasteiger partial charge is 0.234 e. The molecule has 0 radical (unpaired) electrons. The third kappa shape index (κ3) is 4.00. The second kappa shape index (κ2) is 6.10. The van der Waals surface area contributed by atoms with Gasteiger partial charge in [0, 0.05) is 6.20 Å². The van der Waals surface area contributed by atoms with Crippen LogP contribution < -0.4 is 10.6 Å². The van der Waals surface area contributed by atoms with Crippen molar-refractivity contribution in [3.63, 3.8) is 0 Å². The summed E-state index contributed by atoms with van der Waals surface area (Å²) in [5.41, 5.74) is 0.873. The minimum absolute atomic E-state index is 0.00231. The Morgan fingerprint density at radius 2 is 2.36 bits per heavy atom. The van der Waals surface area contributed by atoms with E-state index in [9.17, 15) is 4.79 Å². The molecular weight excluding hydrogens is 178 g/mol. The molecule has 1 amide bonds. The second-order valence-corrected chi connectivity index (χ2v) is 2.88. The Bertz CT molecular complexity index is 274. The molecule has 0 aliphatic rings. The van der Waals surface area contributed by atoms with E-state index in [-0.39, 0.29) is 5.91 Å². The molecule has 0 aliphatic heterocycles. The topological polar surface area (TPSA) is 54.0 Å². The maximum absolute atomic E-state index is 11.2. The third-order valence-corrected chi connectivity index (χ3v) is 1.73. The lowest BCUT2D eigenvalue weighted by Crippen LogP contribution is -2.33. The molecule has 0 spiro atoms. The first-order valence-corrected chi connectivity index (χ1v) is 4.70. The van der Waals surface area contributed by atoms with E-state index < -0.39 is 0 Å². The van der Waals surface area contributed by atoms with E-state index in [4.69, 9.17) is 0 Å². The lowest BCUT2D eigenvalue weighted by Gasteiger charge is -2.04. The predicted octanol–water partition coefficient (Wildman–Crippen LogP) is 0.307. The Labute approximate surface area is 83.7 Å². The van der Waals surface area contributed by atoms with Crippen LogP contribution in [0.25, 0.3) is 0 Å². The van der Waals surface area contributed by atoms with Gasteiger partial charge in [0.1, 0.15) is 0 Å². The van der Waals surface area contributed by atoms with Crippen LogP contribution in [0.5, 0.6) is 0 Å². The second-order valence-electron chi connectivity index (χ2n) is 2.88. The summed E-state index contributed by atoms with van der Waals surface area (Å²) in [6, 6.07) is 5.64. The van der Waals surface area contributed by atoms with Crippen molar-refractivity contribution in [1.82, 2.24) is 15.6 Å². The molecule has 1 aromatic rings. The van der Waals surface area contributed by atoms with Crippen molar-refractivity contribution in [2.45, 2.75) is 13.5 Å². The first-order chi connectivity index (χ1) is 6.83. The molecule has 76 valence electrons. The van der Waals surface area contributed by atoms with Gasteiger partial charge in [0.25, 0.3) is 0 Å². The summed E-state index contributed by atoms with van der Waals surface area (Å²) in [5.74, 6) is -0.00231. The molecule has 0 fully saturated rings. The van der Waals surface area contributed by atoms with E-state index in [1.807, 2.05) is 25.1 Å². The first kappa shape index (κ1) is 10.7. The first-order valence-electron chi connectivity index (χ1n) is 4.70. The maximum atomic E-state index is 11.2. The number of aromatic nitrogens is 1. The van der Waals surface area contributed by atoms with Crippen molar-refractivity contribution in [3.8, 4) is 0 Å². The number of nitrogens with zero attached hydrogens (tertiary/aromatic N) is 1. The Kier molecular flexibility index (Phi) is 4.64. The van der Waals surface area contributed by atoms with Crippen molar-refractivity contribution in [1.29, 1.82) is 0 Å². The molecule has 1 heterocycles. The van der Waals surface area contributed by atoms with Gasteiger partial charge in [0.05, 0.1) is 18.8 Å². The lowest BCUT2D eigenvalue weighted by molar-refractivity contribution is -0.120. The van der Waals surface area contributed by atoms with E-state index in [0.717, 1.165) is 12.2 Å². The van der Waals surface area contributed by atoms with Crippen molar-refractivity contribution >= 4 is 5.91 Å². The number of likely N-dealkylation sites (N-methyl/N-ethyl adjacent to an activating group) is 1. The number of rotatable bonds is 5. The van der Waals surface area contributed by atoms with Crippen molar-refractivity contribution in [3.05, 3.63) is 30.1 Å². The van der Waals surface area contributed by atoms with E-state index >= 15 is 0 Å². The number of amides is 1. The van der Waals surface area contributed by atoms with Gasteiger partial charge in [-0.2, -0.15) is 0 Å². The van der Waals surface area contributed by atoms with Gasteiger partial charge in [-0.3, -0.25) is 9.78 Å². The van der Waals surface area contributed by atoms with Gasteiger partial charge >= 0.3 is 0 Å². The zero-order chi connectivity index (χ0) is 10.2. The third-order valence-electron chi connectivity index (χ3n) is 1.73. The van der Waals surface area contributed by atoms with Crippen LogP contribution in [0.2, 0.25) is 0 Å². The summed E-state index contributed by atoms with van der Waals surface area (Å²) in [6.07, 6.45) is 1.71. The number of carbonyl (C=O) groups excluding carboxylic acids is 1. The molecular formula is C10H15N3O. The zero-order valence-electron chi connectivity index (χ0n) is 8.29. The van der Waals surface area contributed by atoms with Crippen LogP contribution >= 0.6 is 0 Å². The Morgan fingerprint density at radius 1 is 1.50 bits per heavy atom. The van der Waals surface area contributed by atoms with Crippen LogP contribution in [0.1, 0.15) is 12.6 Å². The highest BCUT2D eigenvalue weighted by Crippen LogP contribution is 1.91. The van der Waals surface area contributed by atoms with Crippen LogP contribution in [-0.2, 0) is 11.3 Å². The van der Waals surface area contributed by atoms with E-state index in [2.05, 4.69) is 15.6 Å². The average molecular weight is 193 g/mol. The van der Waals surface area contributed by atoms with Crippen molar-refractivity contribution < 1.29 is 4.79 Å². The van der Waals surface area contributed by atoms with Gasteiger partial charge < -0.3 is 10.6 Å². The van der Waals surface area contributed by atoms with Crippen LogP contribution in [-0.4, -0.2) is 24.0 Å². The monoisotopic (exact) mass is 193 g/mol. The molecule has 2 N–H and O–H groups in total. The molecule has 14 heavy (non-hydrogen) atoms. The number of hydrogen-bond acceptors (Lipinski definition) is 3. The number of carbonyl (C=O) groups is 1. The molecule has 0 aliphatic carbocycles. The Morgan fingerprint density at radius 3 is 3.00 bits per heavy atom. The molecule has 0 saturated carbocycles. The number of pyridine rings is 1. The lowest BCUT2D eigenvalue weighted by atomic mass is 10.3. The van der Waals surface area contributed by atoms with Gasteiger partial charge in [-0.15, -0.1) is 0 Å². The Balaban J connectivity index is 2.24. The molecule has 0 bridgehead atoms. The molecule has 1 rings (SSSR count). The maximum Gasteiger partial charge on any atom is 0.234 e. The summed E-state index contributed by atoms with van der Waals surface area (Å²) in [5, 5.41) is 5.72. The van der Waals surface area contributed by atoms with Gasteiger partial charge in [-0.25, -0.2) is 0 Å². The predicted molar refractivity (Wildman–Crippen MR) is 54.6 cm³/mol. The number of hydrogen-bond donors (Lipinski definition) is 2. The average Bonchev–Trinajstić information content (AvgIpc) is 2.25. The molecule has 4 heteroatoms. The van der Waals surface area contributed by atoms with Crippen molar-refractivity contribution in [2.75, 3.05) is 13.1 Å².